The second kappa shape index (κ2) is 13.7. The van der Waals surface area contributed by atoms with Gasteiger partial charge in [-0.2, -0.15) is 5.10 Å². The van der Waals surface area contributed by atoms with Gasteiger partial charge in [-0.05, 0) is 56.5 Å². The van der Waals surface area contributed by atoms with Crippen molar-refractivity contribution in [3.05, 3.63) is 59.0 Å². The minimum Gasteiger partial charge on any atom is -0.494 e. The van der Waals surface area contributed by atoms with Crippen LogP contribution < -0.4 is 25.8 Å². The smallest absolute Gasteiger partial charge is 0.317 e. The average molecular weight is 592 g/mol. The van der Waals surface area contributed by atoms with Gasteiger partial charge in [0.05, 0.1) is 25.4 Å². The van der Waals surface area contributed by atoms with Gasteiger partial charge in [0, 0.05) is 51.1 Å². The molecule has 0 aliphatic heterocycles. The summed E-state index contributed by atoms with van der Waals surface area (Å²) in [6.07, 6.45) is 2.84. The van der Waals surface area contributed by atoms with Crippen molar-refractivity contribution in [2.24, 2.45) is 5.73 Å². The van der Waals surface area contributed by atoms with E-state index in [1.165, 1.54) is 7.11 Å². The summed E-state index contributed by atoms with van der Waals surface area (Å²) in [5, 5.41) is 10.2. The number of hydrogen-bond acceptors (Lipinski definition) is 8. The number of carbonyl (C=O) groups excluding carboxylic acids is 3. The van der Waals surface area contributed by atoms with Gasteiger partial charge in [-0.15, -0.1) is 0 Å². The molecule has 0 radical (unpaired) electrons. The van der Waals surface area contributed by atoms with Crippen LogP contribution in [0.4, 0.5) is 10.7 Å². The Bertz CT molecular complexity index is 1630. The molecule has 4 rings (SSSR count). The lowest BCUT2D eigenvalue weighted by Crippen LogP contribution is -2.39. The molecule has 0 saturated heterocycles. The van der Waals surface area contributed by atoms with E-state index in [1.54, 1.807) is 52.7 Å². The van der Waals surface area contributed by atoms with E-state index in [4.69, 9.17) is 15.2 Å². The Balaban J connectivity index is 1.48. The van der Waals surface area contributed by atoms with Crippen LogP contribution in [0.1, 0.15) is 45.4 Å². The van der Waals surface area contributed by atoms with Crippen molar-refractivity contribution < 1.29 is 23.9 Å². The molecule has 4 amide bonds. The lowest BCUT2D eigenvalue weighted by atomic mass is 10.1. The maximum absolute atomic E-state index is 13.3. The summed E-state index contributed by atoms with van der Waals surface area (Å²) in [7, 11) is 4.77. The van der Waals surface area contributed by atoms with E-state index in [2.05, 4.69) is 25.7 Å². The molecule has 0 fully saturated rings. The van der Waals surface area contributed by atoms with Crippen LogP contribution in [0.5, 0.6) is 11.6 Å². The van der Waals surface area contributed by atoms with E-state index in [1.807, 2.05) is 26.0 Å². The molecule has 228 valence electrons. The molecule has 0 spiro atoms. The van der Waals surface area contributed by atoms with E-state index >= 15 is 0 Å². The lowest BCUT2D eigenvalue weighted by molar-refractivity contribution is 0.0995. The third-order valence-electron chi connectivity index (χ3n) is 6.90. The normalized spacial score (nSPS) is 10.9. The molecular weight excluding hydrogens is 554 g/mol. The number of fused-ring (bicyclic) bond motifs is 1. The van der Waals surface area contributed by atoms with Crippen LogP contribution in [0.15, 0.2) is 36.5 Å². The SMILES string of the molecule is CCn1nc(C)cc1C(=O)Nc1nc2cc(C(N)=O)cc(OC)c2n1CCCNC(=O)N(C)CCc1ccnc(OC)c1. The summed E-state index contributed by atoms with van der Waals surface area (Å²) in [4.78, 5) is 48.2. The summed E-state index contributed by atoms with van der Waals surface area (Å²) in [5.41, 5.74) is 8.89. The number of anilines is 1. The maximum atomic E-state index is 13.3. The summed E-state index contributed by atoms with van der Waals surface area (Å²) in [6.45, 7) is 5.49. The monoisotopic (exact) mass is 591 g/mol. The number of nitrogens with one attached hydrogen (secondary N) is 2. The molecule has 3 heterocycles. The molecule has 0 aliphatic carbocycles. The number of aryl methyl sites for hydroxylation is 3. The Hall–Kier alpha value is -5.14. The van der Waals surface area contributed by atoms with Crippen LogP contribution in [0.25, 0.3) is 11.0 Å². The Kier molecular flexibility index (Phi) is 9.80. The number of benzene rings is 1. The number of likely N-dealkylation sites (N-methyl/N-ethyl adjacent to an activating group) is 1. The minimum atomic E-state index is -0.627. The van der Waals surface area contributed by atoms with Crippen molar-refractivity contribution >= 4 is 34.8 Å². The molecule has 0 aliphatic rings. The summed E-state index contributed by atoms with van der Waals surface area (Å²) >= 11 is 0. The van der Waals surface area contributed by atoms with Crippen LogP contribution in [-0.2, 0) is 19.5 Å². The molecule has 3 aromatic heterocycles. The number of amides is 4. The highest BCUT2D eigenvalue weighted by Crippen LogP contribution is 2.31. The number of urea groups is 1. The Morgan fingerprint density at radius 1 is 1.12 bits per heavy atom. The number of aromatic nitrogens is 5. The molecular formula is C29H37N9O5. The Morgan fingerprint density at radius 2 is 1.91 bits per heavy atom. The Labute approximate surface area is 249 Å². The zero-order valence-corrected chi connectivity index (χ0v) is 25.0. The minimum absolute atomic E-state index is 0.211. The third-order valence-corrected chi connectivity index (χ3v) is 6.90. The van der Waals surface area contributed by atoms with Crippen LogP contribution in [-0.4, -0.2) is 81.4 Å². The quantitative estimate of drug-likeness (QED) is 0.199. The van der Waals surface area contributed by atoms with E-state index in [0.717, 1.165) is 11.3 Å². The first-order valence-corrected chi connectivity index (χ1v) is 13.9. The predicted molar refractivity (Wildman–Crippen MR) is 161 cm³/mol. The number of methoxy groups -OCH3 is 2. The van der Waals surface area contributed by atoms with Crippen molar-refractivity contribution in [1.29, 1.82) is 0 Å². The van der Waals surface area contributed by atoms with Gasteiger partial charge in [0.15, 0.2) is 0 Å². The van der Waals surface area contributed by atoms with Crippen molar-refractivity contribution in [3.63, 3.8) is 0 Å². The number of ether oxygens (including phenoxy) is 2. The van der Waals surface area contributed by atoms with Crippen LogP contribution in [0.3, 0.4) is 0 Å². The fourth-order valence-corrected chi connectivity index (χ4v) is 4.66. The fraction of sp³-hybridized carbons (Fsp3) is 0.379. The van der Waals surface area contributed by atoms with Gasteiger partial charge in [-0.25, -0.2) is 14.8 Å². The molecule has 14 heteroatoms. The van der Waals surface area contributed by atoms with Crippen LogP contribution in [0.2, 0.25) is 0 Å². The standard InChI is InChI=1S/C29H37N9O5/c1-6-38-22(14-18(2)35-38)27(40)34-28-33-21-16-20(26(30)39)17-23(42-4)25(21)37(28)12-7-10-32-29(41)36(3)13-9-19-8-11-31-24(15-19)43-5/h8,11,14-17H,6-7,9-10,12-13H2,1-5H3,(H2,30,39)(H,32,41)(H,33,34,40). The molecule has 0 saturated carbocycles. The number of pyridine rings is 1. The number of rotatable bonds is 13. The van der Waals surface area contributed by atoms with Gasteiger partial charge in [0.25, 0.3) is 5.91 Å². The zero-order chi connectivity index (χ0) is 31.1. The highest BCUT2D eigenvalue weighted by Gasteiger charge is 2.21. The molecule has 4 N–H and O–H groups in total. The molecule has 1 aromatic carbocycles. The summed E-state index contributed by atoms with van der Waals surface area (Å²) in [5.74, 6) is 0.163. The van der Waals surface area contributed by atoms with Gasteiger partial charge in [0.2, 0.25) is 17.7 Å². The van der Waals surface area contributed by atoms with Gasteiger partial charge in [0.1, 0.15) is 17.0 Å². The summed E-state index contributed by atoms with van der Waals surface area (Å²) in [6, 6.07) is 8.32. The highest BCUT2D eigenvalue weighted by atomic mass is 16.5. The number of nitrogens with two attached hydrogens (primary N) is 1. The van der Waals surface area contributed by atoms with E-state index in [0.29, 0.717) is 67.4 Å². The van der Waals surface area contributed by atoms with Gasteiger partial charge < -0.3 is 30.0 Å². The largest absolute Gasteiger partial charge is 0.494 e. The van der Waals surface area contributed by atoms with E-state index in [-0.39, 0.29) is 23.5 Å². The fourth-order valence-electron chi connectivity index (χ4n) is 4.66. The van der Waals surface area contributed by atoms with Crippen LogP contribution in [0, 0.1) is 6.92 Å². The molecule has 0 atom stereocenters. The molecule has 4 aromatic rings. The predicted octanol–water partition coefficient (Wildman–Crippen LogP) is 2.60. The Morgan fingerprint density at radius 3 is 2.60 bits per heavy atom. The van der Waals surface area contributed by atoms with Crippen molar-refractivity contribution in [2.45, 2.75) is 39.8 Å². The first kappa shape index (κ1) is 30.8. The molecule has 0 bridgehead atoms. The van der Waals surface area contributed by atoms with Crippen molar-refractivity contribution in [1.82, 2.24) is 34.5 Å². The van der Waals surface area contributed by atoms with Gasteiger partial charge >= 0.3 is 6.03 Å². The number of nitrogens with zero attached hydrogens (tertiary/aromatic N) is 6. The van der Waals surface area contributed by atoms with E-state index in [9.17, 15) is 14.4 Å². The third kappa shape index (κ3) is 7.20. The number of hydrogen-bond donors (Lipinski definition) is 3. The highest BCUT2D eigenvalue weighted by molar-refractivity contribution is 6.04. The second-order valence-electron chi connectivity index (χ2n) is 9.90. The van der Waals surface area contributed by atoms with Gasteiger partial charge in [-0.1, -0.05) is 0 Å². The first-order valence-electron chi connectivity index (χ1n) is 13.9. The second-order valence-corrected chi connectivity index (χ2v) is 9.90. The van der Waals surface area contributed by atoms with Crippen molar-refractivity contribution in [2.75, 3.05) is 39.7 Å². The first-order chi connectivity index (χ1) is 20.6. The van der Waals surface area contributed by atoms with E-state index < -0.39 is 5.91 Å². The molecule has 0 unspecified atom stereocenters. The topological polar surface area (TPSA) is 172 Å². The summed E-state index contributed by atoms with van der Waals surface area (Å²) < 4.78 is 14.1. The number of primary amides is 1. The molecule has 14 nitrogen and oxygen atoms in total. The maximum Gasteiger partial charge on any atom is 0.317 e. The average Bonchev–Trinajstić information content (AvgIpc) is 3.56. The van der Waals surface area contributed by atoms with Gasteiger partial charge in [-0.3, -0.25) is 19.6 Å². The van der Waals surface area contributed by atoms with Crippen LogP contribution >= 0.6 is 0 Å². The van der Waals surface area contributed by atoms with Crippen molar-refractivity contribution in [3.8, 4) is 11.6 Å². The molecule has 43 heavy (non-hydrogen) atoms. The number of carbonyl (C=O) groups is 3. The zero-order valence-electron chi connectivity index (χ0n) is 25.0. The number of imidazole rings is 1. The lowest BCUT2D eigenvalue weighted by Gasteiger charge is -2.18.